The van der Waals surface area contributed by atoms with Gasteiger partial charge in [0.1, 0.15) is 0 Å². The summed E-state index contributed by atoms with van der Waals surface area (Å²) in [5, 5.41) is 9.16. The summed E-state index contributed by atoms with van der Waals surface area (Å²) in [5.41, 5.74) is 0.414. The van der Waals surface area contributed by atoms with Crippen LogP contribution in [0.5, 0.6) is 0 Å². The molecule has 92 valence electrons. The number of carbonyl (C=O) groups excluding carboxylic acids is 1. The average Bonchev–Trinajstić information content (AvgIpc) is 2.31. The third kappa shape index (κ3) is 3.03. The van der Waals surface area contributed by atoms with Crippen LogP contribution in [0.25, 0.3) is 0 Å². The molecule has 0 aliphatic rings. The number of rotatable bonds is 5. The lowest BCUT2D eigenvalue weighted by Crippen LogP contribution is -2.38. The number of aromatic nitrogens is 1. The van der Waals surface area contributed by atoms with Crippen LogP contribution in [0, 0.1) is 0 Å². The lowest BCUT2D eigenvalue weighted by Gasteiger charge is -2.22. The minimum Gasteiger partial charge on any atom is -0.480 e. The Hall–Kier alpha value is -1.91. The van der Waals surface area contributed by atoms with Gasteiger partial charge in [-0.15, -0.1) is 0 Å². The highest BCUT2D eigenvalue weighted by Crippen LogP contribution is 2.18. The van der Waals surface area contributed by atoms with E-state index in [9.17, 15) is 9.59 Å². The Balaban J connectivity index is 3.02. The Morgan fingerprint density at radius 1 is 1.41 bits per heavy atom. The van der Waals surface area contributed by atoms with Crippen LogP contribution in [0.2, 0.25) is 0 Å². The first-order valence-corrected chi connectivity index (χ1v) is 5.53. The van der Waals surface area contributed by atoms with Crippen LogP contribution in [-0.4, -0.2) is 40.0 Å². The van der Waals surface area contributed by atoms with Gasteiger partial charge in [0.05, 0.1) is 0 Å². The van der Waals surface area contributed by atoms with E-state index >= 15 is 0 Å². The summed E-state index contributed by atoms with van der Waals surface area (Å²) >= 11 is 0. The van der Waals surface area contributed by atoms with Gasteiger partial charge in [-0.2, -0.15) is 0 Å². The predicted molar refractivity (Wildman–Crippen MR) is 62.5 cm³/mol. The number of carboxylic acids is 1. The third-order valence-electron chi connectivity index (χ3n) is 2.59. The predicted octanol–water partition coefficient (Wildman–Crippen LogP) is 1.12. The fraction of sp³-hybridized carbons (Fsp3) is 0.417. The maximum absolute atomic E-state index is 12.1. The van der Waals surface area contributed by atoms with Crippen LogP contribution in [0.1, 0.15) is 25.3 Å². The maximum Gasteiger partial charge on any atom is 0.320 e. The van der Waals surface area contributed by atoms with E-state index in [4.69, 9.17) is 5.11 Å². The number of carbonyl (C=O) groups is 2. The molecule has 1 aromatic heterocycles. The molecule has 1 atom stereocenters. The van der Waals surface area contributed by atoms with E-state index < -0.39 is 17.8 Å². The van der Waals surface area contributed by atoms with Gasteiger partial charge in [-0.3, -0.25) is 14.6 Å². The van der Waals surface area contributed by atoms with Crippen molar-refractivity contribution < 1.29 is 14.7 Å². The van der Waals surface area contributed by atoms with Crippen LogP contribution in [-0.2, 0) is 9.59 Å². The molecule has 5 heteroatoms. The molecular formula is C12H16N2O3. The zero-order valence-corrected chi connectivity index (χ0v) is 9.96. The monoisotopic (exact) mass is 236 g/mol. The minimum atomic E-state index is -1.16. The molecular weight excluding hydrogens is 220 g/mol. The summed E-state index contributed by atoms with van der Waals surface area (Å²) < 4.78 is 0. The van der Waals surface area contributed by atoms with Crippen molar-refractivity contribution in [2.45, 2.75) is 19.8 Å². The highest BCUT2D eigenvalue weighted by atomic mass is 16.4. The lowest BCUT2D eigenvalue weighted by atomic mass is 9.99. The third-order valence-corrected chi connectivity index (χ3v) is 2.59. The Kier molecular flexibility index (Phi) is 4.63. The molecule has 5 nitrogen and oxygen atoms in total. The van der Waals surface area contributed by atoms with E-state index in [1.165, 1.54) is 11.1 Å². The molecule has 1 aromatic rings. The molecule has 1 heterocycles. The summed E-state index contributed by atoms with van der Waals surface area (Å²) in [6.07, 6.45) is 2.96. The van der Waals surface area contributed by atoms with E-state index in [2.05, 4.69) is 4.98 Å². The second-order valence-electron chi connectivity index (χ2n) is 3.57. The first kappa shape index (κ1) is 13.2. The highest BCUT2D eigenvalue weighted by Gasteiger charge is 2.31. The summed E-state index contributed by atoms with van der Waals surface area (Å²) in [7, 11) is 0. The smallest absolute Gasteiger partial charge is 0.320 e. The average molecular weight is 236 g/mol. The van der Waals surface area contributed by atoms with Gasteiger partial charge >= 0.3 is 5.97 Å². The molecule has 17 heavy (non-hydrogen) atoms. The molecule has 1 rings (SSSR count). The zero-order valence-electron chi connectivity index (χ0n) is 9.96. The van der Waals surface area contributed by atoms with Gasteiger partial charge in [0.15, 0.2) is 5.92 Å². The summed E-state index contributed by atoms with van der Waals surface area (Å²) in [4.78, 5) is 28.6. The van der Waals surface area contributed by atoms with E-state index in [1.54, 1.807) is 18.3 Å². The lowest BCUT2D eigenvalue weighted by molar-refractivity contribution is -0.146. The number of carboxylic acid groups (broad SMARTS) is 1. The van der Waals surface area contributed by atoms with Gasteiger partial charge in [-0.25, -0.2) is 0 Å². The molecule has 0 spiro atoms. The van der Waals surface area contributed by atoms with E-state index in [-0.39, 0.29) is 0 Å². The Morgan fingerprint density at radius 3 is 2.47 bits per heavy atom. The molecule has 1 amide bonds. The molecule has 1 N–H and O–H groups in total. The number of likely N-dealkylation sites (N-methyl/N-ethyl adjacent to an activating group) is 1. The molecule has 0 radical (unpaired) electrons. The van der Waals surface area contributed by atoms with E-state index in [0.29, 0.717) is 18.7 Å². The van der Waals surface area contributed by atoms with Crippen molar-refractivity contribution >= 4 is 11.9 Å². The number of pyridine rings is 1. The van der Waals surface area contributed by atoms with E-state index in [1.807, 2.05) is 13.8 Å². The Morgan fingerprint density at radius 2 is 2.06 bits per heavy atom. The molecule has 1 unspecified atom stereocenters. The van der Waals surface area contributed by atoms with Gasteiger partial charge in [-0.1, -0.05) is 6.07 Å². The fourth-order valence-corrected chi connectivity index (χ4v) is 1.66. The number of hydrogen-bond donors (Lipinski definition) is 1. The standard InChI is InChI=1S/C12H16N2O3/c1-3-14(4-2)11(15)10(12(16)17)9-6-5-7-13-8-9/h5-8,10H,3-4H2,1-2H3,(H,16,17). The zero-order chi connectivity index (χ0) is 12.8. The van der Waals surface area contributed by atoms with Crippen LogP contribution in [0.4, 0.5) is 0 Å². The second kappa shape index (κ2) is 5.98. The van der Waals surface area contributed by atoms with Crippen molar-refractivity contribution in [1.29, 1.82) is 0 Å². The number of aliphatic carboxylic acids is 1. The first-order valence-electron chi connectivity index (χ1n) is 5.53. The largest absolute Gasteiger partial charge is 0.480 e. The summed E-state index contributed by atoms with van der Waals surface area (Å²) in [5.74, 6) is -2.70. The molecule has 0 saturated heterocycles. The summed E-state index contributed by atoms with van der Waals surface area (Å²) in [6.45, 7) is 4.64. The van der Waals surface area contributed by atoms with Gasteiger partial charge in [-0.05, 0) is 25.5 Å². The Labute approximate surface area is 100 Å². The summed E-state index contributed by atoms with van der Waals surface area (Å²) in [6, 6.07) is 3.23. The second-order valence-corrected chi connectivity index (χ2v) is 3.57. The molecule has 0 fully saturated rings. The fourth-order valence-electron chi connectivity index (χ4n) is 1.66. The molecule has 0 bridgehead atoms. The van der Waals surface area contributed by atoms with Crippen LogP contribution >= 0.6 is 0 Å². The minimum absolute atomic E-state index is 0.393. The molecule has 0 aromatic carbocycles. The first-order chi connectivity index (χ1) is 8.11. The van der Waals surface area contributed by atoms with Gasteiger partial charge in [0, 0.05) is 25.5 Å². The van der Waals surface area contributed by atoms with Crippen molar-refractivity contribution in [1.82, 2.24) is 9.88 Å². The number of nitrogens with zero attached hydrogens (tertiary/aromatic N) is 2. The normalized spacial score (nSPS) is 11.9. The SMILES string of the molecule is CCN(CC)C(=O)C(C(=O)O)c1cccnc1. The van der Waals surface area contributed by atoms with E-state index in [0.717, 1.165) is 0 Å². The van der Waals surface area contributed by atoms with Crippen molar-refractivity contribution in [3.05, 3.63) is 30.1 Å². The number of amides is 1. The van der Waals surface area contributed by atoms with Crippen molar-refractivity contribution in [2.75, 3.05) is 13.1 Å². The van der Waals surface area contributed by atoms with Crippen molar-refractivity contribution in [3.63, 3.8) is 0 Å². The van der Waals surface area contributed by atoms with Crippen LogP contribution in [0.15, 0.2) is 24.5 Å². The number of hydrogen-bond acceptors (Lipinski definition) is 3. The highest BCUT2D eigenvalue weighted by molar-refractivity contribution is 6.02. The molecule has 0 saturated carbocycles. The topological polar surface area (TPSA) is 70.5 Å². The van der Waals surface area contributed by atoms with Crippen LogP contribution < -0.4 is 0 Å². The van der Waals surface area contributed by atoms with Gasteiger partial charge in [0.2, 0.25) is 5.91 Å². The van der Waals surface area contributed by atoms with Crippen molar-refractivity contribution in [3.8, 4) is 0 Å². The Bertz CT molecular complexity index is 388. The maximum atomic E-state index is 12.1. The van der Waals surface area contributed by atoms with Gasteiger partial charge < -0.3 is 10.0 Å². The molecule has 0 aliphatic heterocycles. The quantitative estimate of drug-likeness (QED) is 0.778. The van der Waals surface area contributed by atoms with Gasteiger partial charge in [0.25, 0.3) is 0 Å². The van der Waals surface area contributed by atoms with Crippen LogP contribution in [0.3, 0.4) is 0 Å². The van der Waals surface area contributed by atoms with Crippen molar-refractivity contribution in [2.24, 2.45) is 0 Å². The molecule has 0 aliphatic carbocycles.